The van der Waals surface area contributed by atoms with E-state index in [0.717, 1.165) is 0 Å². The molecule has 2 heterocycles. The lowest BCUT2D eigenvalue weighted by molar-refractivity contribution is -0.667. The van der Waals surface area contributed by atoms with Crippen molar-refractivity contribution in [1.82, 2.24) is 0 Å². The summed E-state index contributed by atoms with van der Waals surface area (Å²) in [7, 11) is 1.56. The third-order valence-electron chi connectivity index (χ3n) is 5.01. The summed E-state index contributed by atoms with van der Waals surface area (Å²) in [6.45, 7) is -2.37. The summed E-state index contributed by atoms with van der Waals surface area (Å²) in [5, 5.41) is 10.5. The Kier molecular flexibility index (Phi) is 2.38. The highest BCUT2D eigenvalue weighted by Gasteiger charge is 2.24. The van der Waals surface area contributed by atoms with E-state index in [1.807, 2.05) is 6.07 Å². The lowest BCUT2D eigenvalue weighted by atomic mass is 9.97. The molecule has 134 valence electrons. The summed E-state index contributed by atoms with van der Waals surface area (Å²) in [5.41, 5.74) is 0.435. The Balaban J connectivity index is 2.24. The second kappa shape index (κ2) is 5.92. The molecule has 2 aromatic heterocycles. The summed E-state index contributed by atoms with van der Waals surface area (Å²) in [6.07, 6.45) is 0. The average Bonchev–Trinajstić information content (AvgIpc) is 3.08. The van der Waals surface area contributed by atoms with Crippen molar-refractivity contribution < 1.29 is 23.0 Å². The quantitative estimate of drug-likeness (QED) is 0.428. The van der Waals surface area contributed by atoms with Gasteiger partial charge in [-0.2, -0.15) is 9.83 Å². The number of halogens is 1. The maximum Gasteiger partial charge on any atom is 0.216 e. The van der Waals surface area contributed by atoms with Gasteiger partial charge in [0.15, 0.2) is 11.3 Å². The summed E-state index contributed by atoms with van der Waals surface area (Å²) in [4.78, 5) is 0. The molecule has 0 amide bonds. The van der Waals surface area contributed by atoms with E-state index in [1.165, 1.54) is 23.6 Å². The number of furan rings is 1. The number of hydrogen-bond donors (Lipinski definition) is 0. The standard InChI is InChI=1S/C23H20FN2O/c1-12-6-7-17-16-8-9-19(24)18(11-25)22(16)27-23(17)21(12)20-10-13(2)14(3)15(4)26(20)5/h6-10H,1-5H3/q+1/i2D3,3D3,10D. The lowest BCUT2D eigenvalue weighted by Crippen LogP contribution is -2.36. The van der Waals surface area contributed by atoms with Crippen LogP contribution < -0.4 is 4.57 Å². The smallest absolute Gasteiger partial charge is 0.216 e. The first-order valence-electron chi connectivity index (χ1n) is 11.8. The number of aryl methyl sites for hydroxylation is 1. The van der Waals surface area contributed by atoms with E-state index in [-0.39, 0.29) is 33.7 Å². The predicted molar refractivity (Wildman–Crippen MR) is 104 cm³/mol. The molecule has 0 aliphatic carbocycles. The predicted octanol–water partition coefficient (Wildman–Crippen LogP) is 5.32. The Morgan fingerprint density at radius 1 is 1.11 bits per heavy atom. The second-order valence-corrected chi connectivity index (χ2v) is 6.52. The first-order chi connectivity index (χ1) is 15.7. The van der Waals surface area contributed by atoms with Crippen LogP contribution in [0, 0.1) is 44.7 Å². The van der Waals surface area contributed by atoms with Gasteiger partial charge in [0, 0.05) is 37.5 Å². The summed E-state index contributed by atoms with van der Waals surface area (Å²) < 4.78 is 78.3. The molecule has 0 bridgehead atoms. The molecule has 4 aromatic rings. The number of hydrogen-bond acceptors (Lipinski definition) is 2. The van der Waals surface area contributed by atoms with Crippen LogP contribution >= 0.6 is 0 Å². The van der Waals surface area contributed by atoms with Gasteiger partial charge in [0.25, 0.3) is 0 Å². The molecule has 0 unspecified atom stereocenters. The third-order valence-corrected chi connectivity index (χ3v) is 5.01. The fraction of sp³-hybridized carbons (Fsp3) is 0.217. The molecule has 0 aliphatic rings. The summed E-state index contributed by atoms with van der Waals surface area (Å²) >= 11 is 0. The van der Waals surface area contributed by atoms with Crippen LogP contribution in [0.5, 0.6) is 0 Å². The first kappa shape index (κ1) is 10.8. The van der Waals surface area contributed by atoms with Crippen molar-refractivity contribution in [3.8, 4) is 17.3 Å². The Morgan fingerprint density at radius 2 is 1.85 bits per heavy atom. The number of rotatable bonds is 1. The normalized spacial score (nSPS) is 16.0. The number of benzene rings is 2. The first-order valence-corrected chi connectivity index (χ1v) is 8.29. The molecule has 0 saturated carbocycles. The Labute approximate surface area is 167 Å². The van der Waals surface area contributed by atoms with Crippen molar-refractivity contribution in [3.05, 3.63) is 64.1 Å². The van der Waals surface area contributed by atoms with Crippen molar-refractivity contribution in [2.75, 3.05) is 0 Å². The SMILES string of the molecule is [2H]c1c(C([2H])([2H])[2H])c(C([2H])([2H])[2H])c(C)[n+](C)c1-c1c(C)ccc2c1oc1c(C#N)c(F)ccc12. The second-order valence-electron chi connectivity index (χ2n) is 6.52. The van der Waals surface area contributed by atoms with Crippen LogP contribution in [0.2, 0.25) is 0 Å². The van der Waals surface area contributed by atoms with Crippen molar-refractivity contribution in [3.63, 3.8) is 0 Å². The Bertz CT molecular complexity index is 1540. The van der Waals surface area contributed by atoms with Gasteiger partial charge in [0.05, 0.1) is 6.93 Å². The molecule has 4 rings (SSSR count). The topological polar surface area (TPSA) is 40.8 Å². The summed E-state index contributed by atoms with van der Waals surface area (Å²) in [5.74, 6) is -0.735. The fourth-order valence-corrected chi connectivity index (χ4v) is 3.39. The minimum atomic E-state index is -2.86. The maximum atomic E-state index is 14.2. The van der Waals surface area contributed by atoms with Crippen molar-refractivity contribution in [1.29, 1.82) is 5.26 Å². The Morgan fingerprint density at radius 3 is 2.56 bits per heavy atom. The number of aromatic nitrogens is 1. The van der Waals surface area contributed by atoms with Gasteiger partial charge in [-0.05, 0) is 43.9 Å². The number of nitrogens with zero attached hydrogens (tertiary/aromatic N) is 2. The molecule has 0 spiro atoms. The van der Waals surface area contributed by atoms with Crippen molar-refractivity contribution >= 4 is 21.9 Å². The van der Waals surface area contributed by atoms with Crippen molar-refractivity contribution in [2.24, 2.45) is 7.05 Å². The van der Waals surface area contributed by atoms with E-state index in [9.17, 15) is 9.65 Å². The van der Waals surface area contributed by atoms with Crippen LogP contribution in [0.1, 0.15) is 37.5 Å². The lowest BCUT2D eigenvalue weighted by Gasteiger charge is -2.10. The molecular weight excluding hydrogens is 339 g/mol. The number of pyridine rings is 1. The molecule has 3 nitrogen and oxygen atoms in total. The van der Waals surface area contributed by atoms with E-state index in [1.54, 1.807) is 26.1 Å². The molecule has 0 atom stereocenters. The van der Waals surface area contributed by atoms with Crippen LogP contribution in [-0.2, 0) is 7.05 Å². The molecule has 0 saturated heterocycles. The number of fused-ring (bicyclic) bond motifs is 3. The van der Waals surface area contributed by atoms with Crippen LogP contribution in [0.3, 0.4) is 0 Å². The molecule has 0 aliphatic heterocycles. The third kappa shape index (κ3) is 2.35. The molecule has 0 N–H and O–H groups in total. The molecule has 4 heteroatoms. The number of nitriles is 1. The van der Waals surface area contributed by atoms with Crippen LogP contribution in [0.25, 0.3) is 33.2 Å². The minimum absolute atomic E-state index is 0.0467. The molecular formula is C23H20FN2O+. The zero-order chi connectivity index (χ0) is 25.3. The van der Waals surface area contributed by atoms with E-state index >= 15 is 0 Å². The van der Waals surface area contributed by atoms with Gasteiger partial charge in [0.1, 0.15) is 30.1 Å². The zero-order valence-corrected chi connectivity index (χ0v) is 15.0. The van der Waals surface area contributed by atoms with E-state index in [0.29, 0.717) is 21.9 Å². The molecule has 0 fully saturated rings. The van der Waals surface area contributed by atoms with Gasteiger partial charge in [-0.15, -0.1) is 0 Å². The van der Waals surface area contributed by atoms with Gasteiger partial charge < -0.3 is 4.42 Å². The highest BCUT2D eigenvalue weighted by Crippen LogP contribution is 2.38. The van der Waals surface area contributed by atoms with E-state index in [4.69, 9.17) is 14.0 Å². The molecule has 27 heavy (non-hydrogen) atoms. The largest absolute Gasteiger partial charge is 0.454 e. The molecule has 0 radical (unpaired) electrons. The monoisotopic (exact) mass is 366 g/mol. The van der Waals surface area contributed by atoms with Crippen LogP contribution in [0.15, 0.2) is 34.7 Å². The van der Waals surface area contributed by atoms with Gasteiger partial charge in [-0.1, -0.05) is 12.1 Å². The van der Waals surface area contributed by atoms with Crippen LogP contribution in [-0.4, -0.2) is 0 Å². The van der Waals surface area contributed by atoms with E-state index < -0.39 is 31.1 Å². The zero-order valence-electron chi connectivity index (χ0n) is 22.0. The van der Waals surface area contributed by atoms with Gasteiger partial charge in [-0.25, -0.2) is 4.39 Å². The average molecular weight is 366 g/mol. The van der Waals surface area contributed by atoms with Crippen molar-refractivity contribution in [2.45, 2.75) is 27.6 Å². The highest BCUT2D eigenvalue weighted by molar-refractivity contribution is 6.11. The van der Waals surface area contributed by atoms with Gasteiger partial charge in [0.2, 0.25) is 5.69 Å². The summed E-state index contributed by atoms with van der Waals surface area (Å²) in [6, 6.07) is 7.52. The minimum Gasteiger partial charge on any atom is -0.454 e. The highest BCUT2D eigenvalue weighted by atomic mass is 19.1. The van der Waals surface area contributed by atoms with E-state index in [2.05, 4.69) is 0 Å². The Hall–Kier alpha value is -3.19. The van der Waals surface area contributed by atoms with Crippen LogP contribution in [0.4, 0.5) is 4.39 Å². The molecule has 2 aromatic carbocycles. The van der Waals surface area contributed by atoms with Gasteiger partial charge >= 0.3 is 0 Å². The fourth-order valence-electron chi connectivity index (χ4n) is 3.39. The maximum absolute atomic E-state index is 14.2. The van der Waals surface area contributed by atoms with Gasteiger partial charge in [-0.3, -0.25) is 0 Å².